The lowest BCUT2D eigenvalue weighted by atomic mass is 10.3. The number of pyridine rings is 1. The molecule has 0 saturated heterocycles. The van der Waals surface area contributed by atoms with Gasteiger partial charge >= 0.3 is 0 Å². The molecule has 0 unspecified atom stereocenters. The summed E-state index contributed by atoms with van der Waals surface area (Å²) < 4.78 is 8.21. The second-order valence-corrected chi connectivity index (χ2v) is 7.20. The highest BCUT2D eigenvalue weighted by atomic mass is 79.9. The Morgan fingerprint density at radius 3 is 2.72 bits per heavy atom. The fourth-order valence-electron chi connectivity index (χ4n) is 2.69. The van der Waals surface area contributed by atoms with Crippen molar-refractivity contribution in [2.45, 2.75) is 6.92 Å². The Balaban J connectivity index is 1.67. The third-order valence-corrected chi connectivity index (χ3v) is 5.24. The van der Waals surface area contributed by atoms with Crippen LogP contribution in [-0.2, 0) is 0 Å². The number of aromatic nitrogens is 3. The maximum absolute atomic E-state index is 5.18. The van der Waals surface area contributed by atoms with Gasteiger partial charge in [0, 0.05) is 17.3 Å². The Labute approximate surface area is 157 Å². The summed E-state index contributed by atoms with van der Waals surface area (Å²) in [6.07, 6.45) is 2.01. The Morgan fingerprint density at radius 2 is 1.96 bits per heavy atom. The highest BCUT2D eigenvalue weighted by Crippen LogP contribution is 2.31. The molecule has 3 heterocycles. The number of methoxy groups -OCH3 is 1. The minimum atomic E-state index is 0.831. The lowest BCUT2D eigenvalue weighted by Gasteiger charge is -2.04. The van der Waals surface area contributed by atoms with E-state index in [-0.39, 0.29) is 0 Å². The highest BCUT2D eigenvalue weighted by Gasteiger charge is 2.15. The molecule has 1 aromatic carbocycles. The minimum Gasteiger partial charge on any atom is -0.497 e. The first-order chi connectivity index (χ1) is 12.2. The van der Waals surface area contributed by atoms with Crippen LogP contribution in [0.25, 0.3) is 17.0 Å². The van der Waals surface area contributed by atoms with E-state index >= 15 is 0 Å². The van der Waals surface area contributed by atoms with Crippen LogP contribution in [-0.4, -0.2) is 21.5 Å². The predicted octanol–water partition coefficient (Wildman–Crippen LogP) is 5.28. The molecule has 4 rings (SSSR count). The molecular weight excluding hydrogens is 400 g/mol. The molecule has 0 aliphatic heterocycles. The average molecular weight is 415 g/mol. The Hall–Kier alpha value is -2.38. The van der Waals surface area contributed by atoms with E-state index < -0.39 is 0 Å². The SMILES string of the molecule is COc1ccc(Nc2nc(-c3c(C)nc4c(Br)cccn34)cs2)cc1. The van der Waals surface area contributed by atoms with Crippen LogP contribution in [0.4, 0.5) is 10.8 Å². The molecule has 0 spiro atoms. The van der Waals surface area contributed by atoms with E-state index in [0.29, 0.717) is 0 Å². The van der Waals surface area contributed by atoms with E-state index in [4.69, 9.17) is 9.72 Å². The van der Waals surface area contributed by atoms with E-state index in [1.807, 2.05) is 54.9 Å². The zero-order chi connectivity index (χ0) is 17.4. The number of fused-ring (bicyclic) bond motifs is 1. The maximum Gasteiger partial charge on any atom is 0.187 e. The molecule has 0 amide bonds. The van der Waals surface area contributed by atoms with Crippen molar-refractivity contribution < 1.29 is 4.74 Å². The highest BCUT2D eigenvalue weighted by molar-refractivity contribution is 9.10. The van der Waals surface area contributed by atoms with Crippen LogP contribution < -0.4 is 10.1 Å². The fourth-order valence-corrected chi connectivity index (χ4v) is 3.84. The van der Waals surface area contributed by atoms with Crippen LogP contribution in [0.2, 0.25) is 0 Å². The molecule has 0 fully saturated rings. The van der Waals surface area contributed by atoms with Crippen molar-refractivity contribution in [2.24, 2.45) is 0 Å². The van der Waals surface area contributed by atoms with Crippen molar-refractivity contribution in [2.75, 3.05) is 12.4 Å². The molecule has 0 atom stereocenters. The fraction of sp³-hybridized carbons (Fsp3) is 0.111. The van der Waals surface area contributed by atoms with Crippen molar-refractivity contribution >= 4 is 43.7 Å². The standard InChI is InChI=1S/C18H15BrN4OS/c1-11-16(23-9-3-4-14(19)17(23)20-11)15-10-25-18(22-15)21-12-5-7-13(24-2)8-6-12/h3-10H,1-2H3,(H,21,22). The molecule has 5 nitrogen and oxygen atoms in total. The van der Waals surface area contributed by atoms with Crippen LogP contribution in [0.15, 0.2) is 52.4 Å². The number of aryl methyl sites for hydroxylation is 1. The molecule has 1 N–H and O–H groups in total. The third kappa shape index (κ3) is 3.01. The zero-order valence-electron chi connectivity index (χ0n) is 13.7. The number of anilines is 2. The van der Waals surface area contributed by atoms with Gasteiger partial charge in [0.05, 0.1) is 23.0 Å². The molecule has 0 saturated carbocycles. The Morgan fingerprint density at radius 1 is 1.16 bits per heavy atom. The molecule has 0 bridgehead atoms. The molecule has 25 heavy (non-hydrogen) atoms. The lowest BCUT2D eigenvalue weighted by molar-refractivity contribution is 0.415. The van der Waals surface area contributed by atoms with Gasteiger partial charge in [-0.25, -0.2) is 9.97 Å². The quantitative estimate of drug-likeness (QED) is 0.493. The topological polar surface area (TPSA) is 51.5 Å². The molecule has 4 aromatic rings. The predicted molar refractivity (Wildman–Crippen MR) is 105 cm³/mol. The number of rotatable bonds is 4. The van der Waals surface area contributed by atoms with E-state index in [1.54, 1.807) is 18.4 Å². The van der Waals surface area contributed by atoms with Crippen LogP contribution in [0.3, 0.4) is 0 Å². The van der Waals surface area contributed by atoms with Gasteiger partial charge < -0.3 is 10.1 Å². The summed E-state index contributed by atoms with van der Waals surface area (Å²) in [5.41, 5.74) is 4.74. The normalized spacial score (nSPS) is 11.0. The molecule has 126 valence electrons. The van der Waals surface area contributed by atoms with Crippen LogP contribution in [0.1, 0.15) is 5.69 Å². The number of hydrogen-bond donors (Lipinski definition) is 1. The van der Waals surface area contributed by atoms with Gasteiger partial charge in [0.2, 0.25) is 0 Å². The summed E-state index contributed by atoms with van der Waals surface area (Å²) in [5, 5.41) is 6.21. The van der Waals surface area contributed by atoms with Crippen molar-refractivity contribution in [3.05, 3.63) is 58.1 Å². The number of thiazole rings is 1. The van der Waals surface area contributed by atoms with Gasteiger partial charge in [0.15, 0.2) is 10.8 Å². The minimum absolute atomic E-state index is 0.831. The van der Waals surface area contributed by atoms with Crippen molar-refractivity contribution in [3.63, 3.8) is 0 Å². The summed E-state index contributed by atoms with van der Waals surface area (Å²) in [5.74, 6) is 0.831. The molecule has 7 heteroatoms. The number of imidazole rings is 1. The van der Waals surface area contributed by atoms with Crippen LogP contribution in [0, 0.1) is 6.92 Å². The smallest absolute Gasteiger partial charge is 0.187 e. The molecular formula is C18H15BrN4OS. The van der Waals surface area contributed by atoms with Gasteiger partial charge in [0.25, 0.3) is 0 Å². The number of hydrogen-bond acceptors (Lipinski definition) is 5. The Bertz CT molecular complexity index is 1040. The van der Waals surface area contributed by atoms with Crippen molar-refractivity contribution in [3.8, 4) is 17.1 Å². The first kappa shape index (κ1) is 16.1. The zero-order valence-corrected chi connectivity index (χ0v) is 16.1. The molecule has 0 aliphatic carbocycles. The van der Waals surface area contributed by atoms with E-state index in [1.165, 1.54) is 0 Å². The van der Waals surface area contributed by atoms with Crippen molar-refractivity contribution in [1.29, 1.82) is 0 Å². The average Bonchev–Trinajstić information content (AvgIpc) is 3.20. The third-order valence-electron chi connectivity index (χ3n) is 3.86. The number of benzene rings is 1. The van der Waals surface area contributed by atoms with E-state index in [2.05, 4.69) is 30.6 Å². The number of halogens is 1. The summed E-state index contributed by atoms with van der Waals surface area (Å²) >= 11 is 5.12. The largest absolute Gasteiger partial charge is 0.497 e. The molecule has 0 aliphatic rings. The lowest BCUT2D eigenvalue weighted by Crippen LogP contribution is -1.92. The number of nitrogens with zero attached hydrogens (tertiary/aromatic N) is 3. The second-order valence-electron chi connectivity index (χ2n) is 5.49. The van der Waals surface area contributed by atoms with Gasteiger partial charge in [-0.1, -0.05) is 0 Å². The van der Waals surface area contributed by atoms with Gasteiger partial charge in [-0.05, 0) is 59.3 Å². The molecule has 0 radical (unpaired) electrons. The van der Waals surface area contributed by atoms with E-state index in [0.717, 1.165) is 43.8 Å². The maximum atomic E-state index is 5.18. The summed E-state index contributed by atoms with van der Waals surface area (Å²) in [7, 11) is 1.66. The van der Waals surface area contributed by atoms with Gasteiger partial charge in [-0.3, -0.25) is 4.40 Å². The summed E-state index contributed by atoms with van der Waals surface area (Å²) in [6, 6.07) is 11.8. The van der Waals surface area contributed by atoms with Crippen LogP contribution >= 0.6 is 27.3 Å². The summed E-state index contributed by atoms with van der Waals surface area (Å²) in [6.45, 7) is 2.00. The monoisotopic (exact) mass is 414 g/mol. The summed E-state index contributed by atoms with van der Waals surface area (Å²) in [4.78, 5) is 9.38. The first-order valence-electron chi connectivity index (χ1n) is 7.66. The van der Waals surface area contributed by atoms with Crippen LogP contribution in [0.5, 0.6) is 5.75 Å². The van der Waals surface area contributed by atoms with Crippen molar-refractivity contribution in [1.82, 2.24) is 14.4 Å². The number of nitrogens with one attached hydrogen (secondary N) is 1. The first-order valence-corrected chi connectivity index (χ1v) is 9.33. The van der Waals surface area contributed by atoms with Gasteiger partial charge in [-0.15, -0.1) is 11.3 Å². The molecule has 3 aromatic heterocycles. The number of ether oxygens (including phenoxy) is 1. The Kier molecular flexibility index (Phi) is 4.19. The van der Waals surface area contributed by atoms with Gasteiger partial charge in [0.1, 0.15) is 11.4 Å². The van der Waals surface area contributed by atoms with E-state index in [9.17, 15) is 0 Å². The van der Waals surface area contributed by atoms with Gasteiger partial charge in [-0.2, -0.15) is 0 Å². The second kappa shape index (κ2) is 6.50.